The van der Waals surface area contributed by atoms with Crippen LogP contribution in [-0.2, 0) is 0 Å². The quantitative estimate of drug-likeness (QED) is 0.557. The van der Waals surface area contributed by atoms with Crippen molar-refractivity contribution in [3.05, 3.63) is 41.4 Å². The van der Waals surface area contributed by atoms with Crippen molar-refractivity contribution in [2.45, 2.75) is 0 Å². The summed E-state index contributed by atoms with van der Waals surface area (Å²) in [6.07, 6.45) is 1.29. The summed E-state index contributed by atoms with van der Waals surface area (Å²) in [4.78, 5) is 0. The Hall–Kier alpha value is -0.750. The highest BCUT2D eigenvalue weighted by atomic mass is 35.5. The zero-order valence-corrected chi connectivity index (χ0v) is 5.52. The van der Waals surface area contributed by atoms with Gasteiger partial charge in [0.1, 0.15) is 0 Å². The van der Waals surface area contributed by atoms with Gasteiger partial charge >= 0.3 is 0 Å². The summed E-state index contributed by atoms with van der Waals surface area (Å²) >= 11 is 5.59. The molecule has 0 aliphatic carbocycles. The van der Waals surface area contributed by atoms with Crippen molar-refractivity contribution in [3.63, 3.8) is 0 Å². The summed E-state index contributed by atoms with van der Waals surface area (Å²) in [7, 11) is 0. The molecule has 0 unspecified atom stereocenters. The molecule has 0 heterocycles. The molecule has 1 heteroatoms. The maximum atomic E-state index is 6.85. The van der Waals surface area contributed by atoms with Crippen molar-refractivity contribution >= 4 is 17.7 Å². The van der Waals surface area contributed by atoms with Crippen LogP contribution in [0.3, 0.4) is 0 Å². The maximum Gasteiger partial charge on any atom is 0.0406 e. The molecule has 2 radical (unpaired) electrons. The van der Waals surface area contributed by atoms with Gasteiger partial charge in [0.05, 0.1) is 0 Å². The van der Waals surface area contributed by atoms with Crippen LogP contribution in [0.1, 0.15) is 5.56 Å². The van der Waals surface area contributed by atoms with Crippen molar-refractivity contribution in [1.29, 1.82) is 0 Å². The van der Waals surface area contributed by atoms with E-state index >= 15 is 0 Å². The number of halogens is 1. The molecule has 9 heavy (non-hydrogen) atoms. The van der Waals surface area contributed by atoms with Gasteiger partial charge in [-0.1, -0.05) is 23.7 Å². The third kappa shape index (κ3) is 1.58. The average molecular weight is 137 g/mol. The smallest absolute Gasteiger partial charge is 0.0406 e. The lowest BCUT2D eigenvalue weighted by Crippen LogP contribution is -1.67. The van der Waals surface area contributed by atoms with Crippen LogP contribution in [0.5, 0.6) is 0 Å². The molecule has 0 aromatic heterocycles. The molecule has 0 N–H and O–H groups in total. The molecule has 0 fully saturated rings. The van der Waals surface area contributed by atoms with E-state index in [0.717, 1.165) is 5.56 Å². The van der Waals surface area contributed by atoms with E-state index in [1.807, 2.05) is 0 Å². The molecule has 0 aliphatic rings. The minimum absolute atomic E-state index is 0.709. The fraction of sp³-hybridized carbons (Fsp3) is 0. The van der Waals surface area contributed by atoms with Crippen LogP contribution < -0.4 is 0 Å². The second kappa shape index (κ2) is 2.70. The predicted octanol–water partition coefficient (Wildman–Crippen LogP) is 2.66. The fourth-order valence-corrected chi connectivity index (χ4v) is 0.685. The predicted molar refractivity (Wildman–Crippen MR) is 39.2 cm³/mol. The van der Waals surface area contributed by atoms with Crippen LogP contribution in [0, 0.1) is 6.58 Å². The van der Waals surface area contributed by atoms with Gasteiger partial charge in [0, 0.05) is 5.02 Å². The average Bonchev–Trinajstić information content (AvgIpc) is 1.90. The first kappa shape index (κ1) is 6.37. The van der Waals surface area contributed by atoms with Crippen molar-refractivity contribution in [2.24, 2.45) is 0 Å². The first-order valence-corrected chi connectivity index (χ1v) is 2.97. The molecular weight excluding hydrogens is 132 g/mol. The Morgan fingerprint density at radius 1 is 1.22 bits per heavy atom. The summed E-state index contributed by atoms with van der Waals surface area (Å²) in [5.41, 5.74) is 0.874. The Kier molecular flexibility index (Phi) is 1.91. The van der Waals surface area contributed by atoms with Gasteiger partial charge in [0.2, 0.25) is 0 Å². The molecule has 1 rings (SSSR count). The second-order valence-electron chi connectivity index (χ2n) is 1.70. The largest absolute Gasteiger partial charge is 0.0843 e. The molecule has 0 nitrogen and oxygen atoms in total. The van der Waals surface area contributed by atoms with Crippen molar-refractivity contribution in [1.82, 2.24) is 0 Å². The van der Waals surface area contributed by atoms with E-state index < -0.39 is 0 Å². The van der Waals surface area contributed by atoms with Crippen LogP contribution in [0.4, 0.5) is 0 Å². The van der Waals surface area contributed by atoms with Gasteiger partial charge in [0.15, 0.2) is 0 Å². The van der Waals surface area contributed by atoms with Crippen LogP contribution in [-0.4, -0.2) is 0 Å². The van der Waals surface area contributed by atoms with Gasteiger partial charge in [-0.3, -0.25) is 0 Å². The van der Waals surface area contributed by atoms with E-state index in [9.17, 15) is 0 Å². The van der Waals surface area contributed by atoms with E-state index in [0.29, 0.717) is 5.02 Å². The molecule has 1 aromatic carbocycles. The Labute approximate surface area is 59.8 Å². The summed E-state index contributed by atoms with van der Waals surface area (Å²) in [6, 6.07) is 7.13. The van der Waals surface area contributed by atoms with Gasteiger partial charge in [0.25, 0.3) is 0 Å². The molecule has 0 amide bonds. The fourth-order valence-electron chi connectivity index (χ4n) is 0.559. The highest BCUT2D eigenvalue weighted by Gasteiger charge is 1.84. The monoisotopic (exact) mass is 136 g/mol. The first-order valence-electron chi connectivity index (χ1n) is 2.59. The number of hydrogen-bond acceptors (Lipinski definition) is 0. The molecule has 0 atom stereocenters. The van der Waals surface area contributed by atoms with Crippen LogP contribution in [0.25, 0.3) is 6.08 Å². The molecular formula is C8H5Cl. The van der Waals surface area contributed by atoms with Gasteiger partial charge in [-0.2, -0.15) is 0 Å². The third-order valence-electron chi connectivity index (χ3n) is 1.04. The zero-order chi connectivity index (χ0) is 6.69. The second-order valence-corrected chi connectivity index (χ2v) is 2.13. The summed E-state index contributed by atoms with van der Waals surface area (Å²) in [5.74, 6) is 0. The number of benzene rings is 1. The standard InChI is InChI=1S/C8H5Cl/c1-2-7-3-5-8(9)6-4-7/h2-6H. The van der Waals surface area contributed by atoms with E-state index in [1.165, 1.54) is 6.08 Å². The number of rotatable bonds is 1. The Morgan fingerprint density at radius 3 is 2.22 bits per heavy atom. The Bertz CT molecular complexity index is 198. The van der Waals surface area contributed by atoms with Crippen LogP contribution >= 0.6 is 11.6 Å². The third-order valence-corrected chi connectivity index (χ3v) is 1.29. The highest BCUT2D eigenvalue weighted by molar-refractivity contribution is 6.30. The Balaban J connectivity index is 3.01. The topological polar surface area (TPSA) is 0 Å². The lowest BCUT2D eigenvalue weighted by molar-refractivity contribution is 1.66. The van der Waals surface area contributed by atoms with Crippen LogP contribution in [0.15, 0.2) is 24.3 Å². The molecule has 0 bridgehead atoms. The van der Waals surface area contributed by atoms with Gasteiger partial charge in [-0.05, 0) is 30.4 Å². The summed E-state index contributed by atoms with van der Waals surface area (Å²) in [6.45, 7) is 6.85. The normalized spacial score (nSPS) is 9.00. The van der Waals surface area contributed by atoms with Crippen molar-refractivity contribution in [3.8, 4) is 0 Å². The van der Waals surface area contributed by atoms with Crippen molar-refractivity contribution < 1.29 is 0 Å². The number of hydrogen-bond donors (Lipinski definition) is 0. The van der Waals surface area contributed by atoms with Gasteiger partial charge < -0.3 is 0 Å². The SMILES string of the molecule is [C]=Cc1ccc(Cl)cc1. The zero-order valence-electron chi connectivity index (χ0n) is 4.76. The molecule has 0 saturated heterocycles. The summed E-state index contributed by atoms with van der Waals surface area (Å²) < 4.78 is 0. The molecule has 0 spiro atoms. The van der Waals surface area contributed by atoms with Crippen molar-refractivity contribution in [2.75, 3.05) is 0 Å². The lowest BCUT2D eigenvalue weighted by Gasteiger charge is -1.89. The first-order chi connectivity index (χ1) is 4.33. The minimum Gasteiger partial charge on any atom is -0.0843 e. The van der Waals surface area contributed by atoms with Crippen LogP contribution in [0.2, 0.25) is 5.02 Å². The molecule has 44 valence electrons. The molecule has 0 saturated carbocycles. The van der Waals surface area contributed by atoms with E-state index in [2.05, 4.69) is 0 Å². The minimum atomic E-state index is 0.709. The van der Waals surface area contributed by atoms with Gasteiger partial charge in [-0.15, -0.1) is 0 Å². The summed E-state index contributed by atoms with van der Waals surface area (Å²) in [5, 5.41) is 0.709. The molecule has 0 aliphatic heterocycles. The van der Waals surface area contributed by atoms with E-state index in [-0.39, 0.29) is 0 Å². The lowest BCUT2D eigenvalue weighted by atomic mass is 10.2. The van der Waals surface area contributed by atoms with Gasteiger partial charge in [-0.25, -0.2) is 0 Å². The Morgan fingerprint density at radius 2 is 1.78 bits per heavy atom. The highest BCUT2D eigenvalue weighted by Crippen LogP contribution is 2.09. The van der Waals surface area contributed by atoms with E-state index in [4.69, 9.17) is 18.2 Å². The maximum absolute atomic E-state index is 6.85. The molecule has 1 aromatic rings. The van der Waals surface area contributed by atoms with E-state index in [1.54, 1.807) is 24.3 Å².